The normalized spacial score (nSPS) is 17.1. The summed E-state index contributed by atoms with van der Waals surface area (Å²) in [6, 6.07) is 21.0. The van der Waals surface area contributed by atoms with Gasteiger partial charge in [0.05, 0.1) is 11.7 Å². The van der Waals surface area contributed by atoms with E-state index in [2.05, 4.69) is 20.5 Å². The molecule has 2 aromatic carbocycles. The summed E-state index contributed by atoms with van der Waals surface area (Å²) in [6.45, 7) is 7.71. The van der Waals surface area contributed by atoms with Crippen molar-refractivity contribution in [2.24, 2.45) is 5.92 Å². The second-order valence-corrected chi connectivity index (χ2v) is 10.5. The van der Waals surface area contributed by atoms with Gasteiger partial charge in [0, 0.05) is 34.1 Å². The number of carbonyl (C=O) groups excluding carboxylic acids is 1. The van der Waals surface area contributed by atoms with Crippen LogP contribution in [0.15, 0.2) is 77.3 Å². The van der Waals surface area contributed by atoms with E-state index in [9.17, 15) is 4.79 Å². The van der Waals surface area contributed by atoms with Gasteiger partial charge in [-0.2, -0.15) is 0 Å². The van der Waals surface area contributed by atoms with Crippen LogP contribution >= 0.6 is 23.8 Å². The second-order valence-electron chi connectivity index (χ2n) is 9.75. The molecule has 1 saturated heterocycles. The Balaban J connectivity index is 1.56. The Bertz CT molecular complexity index is 1500. The van der Waals surface area contributed by atoms with Gasteiger partial charge in [-0.15, -0.1) is 0 Å². The highest BCUT2D eigenvalue weighted by Gasteiger charge is 2.42. The lowest BCUT2D eigenvalue weighted by atomic mass is 10.0. The van der Waals surface area contributed by atoms with E-state index in [0.717, 1.165) is 45.3 Å². The number of aromatic nitrogens is 1. The molecular weight excluding hydrogens is 516 g/mol. The maximum atomic E-state index is 12.3. The van der Waals surface area contributed by atoms with Gasteiger partial charge in [0.25, 0.3) is 0 Å². The van der Waals surface area contributed by atoms with Crippen molar-refractivity contribution in [2.75, 3.05) is 10.2 Å². The highest BCUT2D eigenvalue weighted by atomic mass is 35.5. The van der Waals surface area contributed by atoms with Crippen molar-refractivity contribution in [1.29, 1.82) is 0 Å². The summed E-state index contributed by atoms with van der Waals surface area (Å²) in [5.41, 5.74) is 5.37. The first-order valence-electron chi connectivity index (χ1n) is 12.5. The lowest BCUT2D eigenvalue weighted by Crippen LogP contribution is -2.29. The molecule has 0 aliphatic carbocycles. The maximum absolute atomic E-state index is 12.3. The SMILES string of the molecule is Cc1cc(N2C(=S)N[C@@H](c3ccccn3)[C@@H]2c2ccc(-c3cccc(Cl)c3C)o2)ccc1NC(=O)C(C)C. The summed E-state index contributed by atoms with van der Waals surface area (Å²) in [6.07, 6.45) is 1.78. The average molecular weight is 545 g/mol. The van der Waals surface area contributed by atoms with Crippen molar-refractivity contribution in [3.63, 3.8) is 0 Å². The summed E-state index contributed by atoms with van der Waals surface area (Å²) in [4.78, 5) is 19.0. The maximum Gasteiger partial charge on any atom is 0.226 e. The zero-order chi connectivity index (χ0) is 27.0. The number of halogens is 1. The molecular formula is C30H29ClN4O2S. The van der Waals surface area contributed by atoms with Crippen LogP contribution in [-0.4, -0.2) is 16.0 Å². The molecule has 1 aliphatic heterocycles. The number of thiocarbonyl (C=S) groups is 1. The Morgan fingerprint density at radius 2 is 1.92 bits per heavy atom. The number of carbonyl (C=O) groups is 1. The number of anilines is 2. The summed E-state index contributed by atoms with van der Waals surface area (Å²) in [5, 5.41) is 7.73. The molecule has 0 saturated carbocycles. The van der Waals surface area contributed by atoms with Crippen molar-refractivity contribution < 1.29 is 9.21 Å². The van der Waals surface area contributed by atoms with E-state index in [4.69, 9.17) is 28.2 Å². The minimum Gasteiger partial charge on any atom is -0.459 e. The smallest absolute Gasteiger partial charge is 0.226 e. The molecule has 1 aliphatic rings. The van der Waals surface area contributed by atoms with Crippen LogP contribution < -0.4 is 15.5 Å². The zero-order valence-corrected chi connectivity index (χ0v) is 23.2. The number of benzene rings is 2. The van der Waals surface area contributed by atoms with Gasteiger partial charge < -0.3 is 20.0 Å². The lowest BCUT2D eigenvalue weighted by molar-refractivity contribution is -0.118. The van der Waals surface area contributed by atoms with Crippen molar-refractivity contribution >= 4 is 46.2 Å². The number of nitrogens with one attached hydrogen (secondary N) is 2. The Labute approximate surface area is 233 Å². The van der Waals surface area contributed by atoms with Crippen LogP contribution in [0.2, 0.25) is 5.02 Å². The molecule has 1 fully saturated rings. The van der Waals surface area contributed by atoms with Gasteiger partial charge >= 0.3 is 0 Å². The highest BCUT2D eigenvalue weighted by Crippen LogP contribution is 2.44. The van der Waals surface area contributed by atoms with Crippen LogP contribution in [0.25, 0.3) is 11.3 Å². The Morgan fingerprint density at radius 3 is 2.63 bits per heavy atom. The fraction of sp³-hybridized carbons (Fsp3) is 0.233. The third kappa shape index (κ3) is 4.91. The molecule has 2 aromatic heterocycles. The van der Waals surface area contributed by atoms with Gasteiger partial charge in [-0.1, -0.05) is 43.6 Å². The first kappa shape index (κ1) is 25.9. The average Bonchev–Trinajstić information content (AvgIpc) is 3.52. The number of pyridine rings is 1. The van der Waals surface area contributed by atoms with Gasteiger partial charge in [0.15, 0.2) is 5.11 Å². The molecule has 3 heterocycles. The predicted molar refractivity (Wildman–Crippen MR) is 156 cm³/mol. The molecule has 8 heteroatoms. The molecule has 38 heavy (non-hydrogen) atoms. The molecule has 2 atom stereocenters. The van der Waals surface area contributed by atoms with E-state index in [1.807, 2.05) is 94.4 Å². The van der Waals surface area contributed by atoms with E-state index in [1.165, 1.54) is 0 Å². The van der Waals surface area contributed by atoms with Crippen molar-refractivity contribution in [3.05, 3.63) is 101 Å². The van der Waals surface area contributed by atoms with Gasteiger partial charge in [-0.3, -0.25) is 9.78 Å². The van der Waals surface area contributed by atoms with Gasteiger partial charge in [0.2, 0.25) is 5.91 Å². The Kier molecular flexibility index (Phi) is 7.23. The molecule has 6 nitrogen and oxygen atoms in total. The molecule has 1 amide bonds. The molecule has 2 N–H and O–H groups in total. The van der Waals surface area contributed by atoms with Gasteiger partial charge in [0.1, 0.15) is 17.6 Å². The number of hydrogen-bond donors (Lipinski definition) is 2. The minimum absolute atomic E-state index is 0.0215. The number of hydrogen-bond acceptors (Lipinski definition) is 4. The van der Waals surface area contributed by atoms with Crippen LogP contribution in [0.4, 0.5) is 11.4 Å². The quantitative estimate of drug-likeness (QED) is 0.247. The number of rotatable bonds is 6. The highest BCUT2D eigenvalue weighted by molar-refractivity contribution is 7.80. The molecule has 0 spiro atoms. The molecule has 194 valence electrons. The van der Waals surface area contributed by atoms with Gasteiger partial charge in [-0.05, 0) is 85.7 Å². The molecule has 4 aromatic rings. The first-order chi connectivity index (χ1) is 18.2. The molecule has 5 rings (SSSR count). The summed E-state index contributed by atoms with van der Waals surface area (Å²) >= 11 is 12.2. The molecule has 0 bridgehead atoms. The third-order valence-electron chi connectivity index (χ3n) is 6.82. The van der Waals surface area contributed by atoms with Crippen LogP contribution in [0, 0.1) is 19.8 Å². The van der Waals surface area contributed by atoms with Crippen molar-refractivity contribution in [3.8, 4) is 11.3 Å². The number of amides is 1. The fourth-order valence-corrected chi connectivity index (χ4v) is 5.19. The largest absolute Gasteiger partial charge is 0.459 e. The third-order valence-corrected chi connectivity index (χ3v) is 7.54. The minimum atomic E-state index is -0.291. The second kappa shape index (κ2) is 10.6. The van der Waals surface area contributed by atoms with E-state index in [-0.39, 0.29) is 23.9 Å². The van der Waals surface area contributed by atoms with Crippen LogP contribution in [0.3, 0.4) is 0 Å². The number of aryl methyl sites for hydroxylation is 1. The van der Waals surface area contributed by atoms with Crippen LogP contribution in [0.5, 0.6) is 0 Å². The Hall–Kier alpha value is -3.68. The fourth-order valence-electron chi connectivity index (χ4n) is 4.67. The summed E-state index contributed by atoms with van der Waals surface area (Å²) < 4.78 is 6.49. The van der Waals surface area contributed by atoms with E-state index < -0.39 is 0 Å². The standard InChI is InChI=1S/C30H29ClN4O2S/c1-17(2)29(36)33-23-12-11-20(16-18(23)3)35-28(27(34-30(35)38)24-10-5-6-15-32-24)26-14-13-25(37-26)21-8-7-9-22(31)19(21)4/h5-17,27-28H,1-4H3,(H,33,36)(H,34,38)/t27-,28-/m0/s1. The summed E-state index contributed by atoms with van der Waals surface area (Å²) in [7, 11) is 0. The number of furan rings is 1. The first-order valence-corrected chi connectivity index (χ1v) is 13.3. The topological polar surface area (TPSA) is 70.4 Å². The monoisotopic (exact) mass is 544 g/mol. The van der Waals surface area contributed by atoms with Gasteiger partial charge in [-0.25, -0.2) is 0 Å². The van der Waals surface area contributed by atoms with Crippen LogP contribution in [0.1, 0.15) is 48.5 Å². The Morgan fingerprint density at radius 1 is 1.11 bits per heavy atom. The lowest BCUT2D eigenvalue weighted by Gasteiger charge is -2.27. The van der Waals surface area contributed by atoms with Crippen LogP contribution in [-0.2, 0) is 4.79 Å². The van der Waals surface area contributed by atoms with Crippen molar-refractivity contribution in [2.45, 2.75) is 39.8 Å². The molecule has 0 radical (unpaired) electrons. The zero-order valence-electron chi connectivity index (χ0n) is 21.7. The van der Waals surface area contributed by atoms with E-state index in [1.54, 1.807) is 6.20 Å². The van der Waals surface area contributed by atoms with E-state index in [0.29, 0.717) is 10.1 Å². The summed E-state index contributed by atoms with van der Waals surface area (Å²) in [5.74, 6) is 1.36. The van der Waals surface area contributed by atoms with Crippen molar-refractivity contribution in [1.82, 2.24) is 10.3 Å². The van der Waals surface area contributed by atoms with E-state index >= 15 is 0 Å². The number of nitrogens with zero attached hydrogens (tertiary/aromatic N) is 2. The predicted octanol–water partition coefficient (Wildman–Crippen LogP) is 7.38. The molecule has 0 unspecified atom stereocenters.